The minimum Gasteiger partial charge on any atom is -0.372 e. The van der Waals surface area contributed by atoms with Gasteiger partial charge in [0.2, 0.25) is 0 Å². The number of hydrogen-bond donors (Lipinski definition) is 0. The van der Waals surface area contributed by atoms with Crippen LogP contribution in [-0.2, 0) is 4.74 Å². The maximum atomic E-state index is 6.52. The Balaban J connectivity index is 1.52. The zero-order chi connectivity index (χ0) is 12.4. The smallest absolute Gasteiger partial charge is 0.0687 e. The Hall–Kier alpha value is 0.440. The predicted octanol–water partition coefficient (Wildman–Crippen LogP) is 5.21. The monoisotopic (exact) mass is 314 g/mol. The normalized spacial score (nSPS) is 40.2. The molecule has 2 heteroatoms. The molecule has 1 saturated heterocycles. The number of alkyl halides is 1. The first-order valence-electron chi connectivity index (χ1n) is 8.09. The second-order valence-electron chi connectivity index (χ2n) is 6.82. The van der Waals surface area contributed by atoms with E-state index in [2.05, 4.69) is 15.9 Å². The van der Waals surface area contributed by atoms with E-state index in [0.717, 1.165) is 10.7 Å². The Labute approximate surface area is 120 Å². The second kappa shape index (κ2) is 5.83. The van der Waals surface area contributed by atoms with Gasteiger partial charge in [0, 0.05) is 4.83 Å². The van der Waals surface area contributed by atoms with Crippen LogP contribution in [0.25, 0.3) is 0 Å². The average molecular weight is 315 g/mol. The molecule has 1 heterocycles. The lowest BCUT2D eigenvalue weighted by atomic mass is 9.82. The van der Waals surface area contributed by atoms with Gasteiger partial charge in [-0.1, -0.05) is 48.0 Å². The zero-order valence-electron chi connectivity index (χ0n) is 11.5. The van der Waals surface area contributed by atoms with Gasteiger partial charge in [-0.25, -0.2) is 0 Å². The van der Waals surface area contributed by atoms with Gasteiger partial charge in [-0.2, -0.15) is 0 Å². The fourth-order valence-electron chi connectivity index (χ4n) is 4.39. The summed E-state index contributed by atoms with van der Waals surface area (Å²) in [6.45, 7) is 0. The van der Waals surface area contributed by atoms with Crippen molar-refractivity contribution in [2.24, 2.45) is 5.92 Å². The molecule has 3 aliphatic rings. The highest BCUT2D eigenvalue weighted by molar-refractivity contribution is 9.09. The average Bonchev–Trinajstić information content (AvgIpc) is 2.76. The van der Waals surface area contributed by atoms with Crippen molar-refractivity contribution in [2.75, 3.05) is 0 Å². The summed E-state index contributed by atoms with van der Waals surface area (Å²) in [5, 5.41) is 0. The first-order chi connectivity index (χ1) is 8.77. The quantitative estimate of drug-likeness (QED) is 0.635. The molecule has 1 nitrogen and oxygen atoms in total. The van der Waals surface area contributed by atoms with Gasteiger partial charge >= 0.3 is 0 Å². The van der Waals surface area contributed by atoms with Crippen molar-refractivity contribution in [2.45, 2.75) is 93.6 Å². The summed E-state index contributed by atoms with van der Waals surface area (Å²) >= 11 is 3.89. The molecule has 0 bridgehead atoms. The van der Waals surface area contributed by atoms with Crippen molar-refractivity contribution in [1.29, 1.82) is 0 Å². The summed E-state index contributed by atoms with van der Waals surface area (Å²) < 4.78 is 6.52. The topological polar surface area (TPSA) is 9.23 Å². The van der Waals surface area contributed by atoms with E-state index in [4.69, 9.17) is 4.74 Å². The van der Waals surface area contributed by atoms with Crippen molar-refractivity contribution in [3.05, 3.63) is 0 Å². The van der Waals surface area contributed by atoms with Crippen LogP contribution in [0.3, 0.4) is 0 Å². The third-order valence-corrected chi connectivity index (χ3v) is 6.69. The van der Waals surface area contributed by atoms with E-state index < -0.39 is 0 Å². The van der Waals surface area contributed by atoms with Gasteiger partial charge in [-0.3, -0.25) is 0 Å². The van der Waals surface area contributed by atoms with Crippen LogP contribution in [0.4, 0.5) is 0 Å². The molecule has 0 radical (unpaired) electrons. The third-order valence-electron chi connectivity index (χ3n) is 5.49. The summed E-state index contributed by atoms with van der Waals surface area (Å²) in [5.74, 6) is 0.877. The molecule has 3 unspecified atom stereocenters. The van der Waals surface area contributed by atoms with E-state index in [1.807, 2.05) is 0 Å². The fraction of sp³-hybridized carbons (Fsp3) is 1.00. The van der Waals surface area contributed by atoms with Crippen molar-refractivity contribution in [3.63, 3.8) is 0 Å². The van der Waals surface area contributed by atoms with Gasteiger partial charge in [0.05, 0.1) is 11.7 Å². The molecule has 2 aliphatic carbocycles. The predicted molar refractivity (Wildman–Crippen MR) is 79.2 cm³/mol. The standard InChI is InChI=1S/C16H27BrO/c17-15-7-3-2-6-13(15)12-14-8-11-16(18-14)9-4-1-5-10-16/h13-15H,1-12H2. The highest BCUT2D eigenvalue weighted by atomic mass is 79.9. The zero-order valence-corrected chi connectivity index (χ0v) is 13.1. The molecule has 0 aromatic rings. The van der Waals surface area contributed by atoms with Crippen molar-refractivity contribution < 1.29 is 4.74 Å². The Bertz CT molecular complexity index is 272. The van der Waals surface area contributed by atoms with Crippen molar-refractivity contribution in [1.82, 2.24) is 0 Å². The molecule has 3 rings (SSSR count). The van der Waals surface area contributed by atoms with Gasteiger partial charge in [0.15, 0.2) is 0 Å². The Morgan fingerprint density at radius 2 is 1.67 bits per heavy atom. The van der Waals surface area contributed by atoms with Gasteiger partial charge in [0.25, 0.3) is 0 Å². The van der Waals surface area contributed by atoms with Crippen molar-refractivity contribution in [3.8, 4) is 0 Å². The molecular formula is C16H27BrO. The maximum absolute atomic E-state index is 6.52. The van der Waals surface area contributed by atoms with Crippen LogP contribution in [0.15, 0.2) is 0 Å². The molecule has 0 aromatic heterocycles. The number of halogens is 1. The number of ether oxygens (including phenoxy) is 1. The fourth-order valence-corrected chi connectivity index (χ4v) is 5.19. The minimum atomic E-state index is 0.319. The lowest BCUT2D eigenvalue weighted by Gasteiger charge is -2.35. The molecule has 104 valence electrons. The SMILES string of the molecule is BrC1CCCCC1CC1CCC2(CCCCC2)O1. The molecule has 1 aliphatic heterocycles. The molecule has 0 N–H and O–H groups in total. The summed E-state index contributed by atoms with van der Waals surface area (Å²) in [5.41, 5.74) is 0.319. The molecular weight excluding hydrogens is 288 g/mol. The highest BCUT2D eigenvalue weighted by Crippen LogP contribution is 2.44. The maximum Gasteiger partial charge on any atom is 0.0687 e. The van der Waals surface area contributed by atoms with E-state index in [0.29, 0.717) is 11.7 Å². The molecule has 0 amide bonds. The largest absolute Gasteiger partial charge is 0.372 e. The van der Waals surface area contributed by atoms with Gasteiger partial charge in [0.1, 0.15) is 0 Å². The first-order valence-corrected chi connectivity index (χ1v) is 9.01. The van der Waals surface area contributed by atoms with Crippen LogP contribution in [0.5, 0.6) is 0 Å². The van der Waals surface area contributed by atoms with Gasteiger partial charge < -0.3 is 4.74 Å². The molecule has 18 heavy (non-hydrogen) atoms. The lowest BCUT2D eigenvalue weighted by molar-refractivity contribution is -0.0706. The van der Waals surface area contributed by atoms with Crippen LogP contribution in [-0.4, -0.2) is 16.5 Å². The van der Waals surface area contributed by atoms with E-state index in [1.165, 1.54) is 77.0 Å². The van der Waals surface area contributed by atoms with Crippen LogP contribution < -0.4 is 0 Å². The van der Waals surface area contributed by atoms with Crippen LogP contribution in [0.1, 0.15) is 77.0 Å². The van der Waals surface area contributed by atoms with Crippen LogP contribution in [0.2, 0.25) is 0 Å². The van der Waals surface area contributed by atoms with Crippen molar-refractivity contribution >= 4 is 15.9 Å². The van der Waals surface area contributed by atoms with E-state index in [-0.39, 0.29) is 0 Å². The summed E-state index contributed by atoms with van der Waals surface area (Å²) in [6.07, 6.45) is 17.1. The molecule has 1 spiro atoms. The van der Waals surface area contributed by atoms with Gasteiger partial charge in [-0.05, 0) is 50.9 Å². The number of hydrogen-bond acceptors (Lipinski definition) is 1. The first kappa shape index (κ1) is 13.4. The van der Waals surface area contributed by atoms with Crippen LogP contribution in [0, 0.1) is 5.92 Å². The molecule has 3 atom stereocenters. The van der Waals surface area contributed by atoms with Crippen LogP contribution >= 0.6 is 15.9 Å². The molecule has 2 saturated carbocycles. The van der Waals surface area contributed by atoms with Gasteiger partial charge in [-0.15, -0.1) is 0 Å². The lowest BCUT2D eigenvalue weighted by Crippen LogP contribution is -2.32. The Morgan fingerprint density at radius 1 is 0.889 bits per heavy atom. The molecule has 0 aromatic carbocycles. The van der Waals surface area contributed by atoms with E-state index in [9.17, 15) is 0 Å². The second-order valence-corrected chi connectivity index (χ2v) is 7.99. The summed E-state index contributed by atoms with van der Waals surface area (Å²) in [6, 6.07) is 0. The molecule has 3 fully saturated rings. The Kier molecular flexibility index (Phi) is 4.35. The third kappa shape index (κ3) is 2.95. The minimum absolute atomic E-state index is 0.319. The summed E-state index contributed by atoms with van der Waals surface area (Å²) in [4.78, 5) is 0.762. The summed E-state index contributed by atoms with van der Waals surface area (Å²) in [7, 11) is 0. The highest BCUT2D eigenvalue weighted by Gasteiger charge is 2.41. The number of rotatable bonds is 2. The Morgan fingerprint density at radius 3 is 2.44 bits per heavy atom. The van der Waals surface area contributed by atoms with E-state index in [1.54, 1.807) is 0 Å². The van der Waals surface area contributed by atoms with E-state index >= 15 is 0 Å².